The number of phenolic OH excluding ortho intramolecular Hbond substituents is 1. The van der Waals surface area contributed by atoms with Gasteiger partial charge in [0.25, 0.3) is 0 Å². The van der Waals surface area contributed by atoms with Gasteiger partial charge in [-0.1, -0.05) is 43.3 Å². The quantitative estimate of drug-likeness (QED) is 0.643. The number of rotatable bonds is 6. The summed E-state index contributed by atoms with van der Waals surface area (Å²) in [5.41, 5.74) is 0.159. The van der Waals surface area contributed by atoms with Crippen molar-refractivity contribution < 1.29 is 24.2 Å². The first-order chi connectivity index (χ1) is 11.9. The molecule has 0 bridgehead atoms. The molecule has 132 valence electrons. The lowest BCUT2D eigenvalue weighted by Gasteiger charge is -2.27. The maximum Gasteiger partial charge on any atom is 0.316 e. The largest absolute Gasteiger partial charge is 0.508 e. The Bertz CT molecular complexity index is 768. The zero-order valence-electron chi connectivity index (χ0n) is 14.6. The van der Waals surface area contributed by atoms with Gasteiger partial charge in [-0.25, -0.2) is 0 Å². The van der Waals surface area contributed by atoms with Crippen molar-refractivity contribution in [2.45, 2.75) is 32.1 Å². The first-order valence-electron chi connectivity index (χ1n) is 8.07. The number of esters is 2. The number of carbonyl (C=O) groups excluding carboxylic acids is 2. The Morgan fingerprint density at radius 1 is 1.08 bits per heavy atom. The van der Waals surface area contributed by atoms with Crippen LogP contribution in [0.4, 0.5) is 0 Å². The number of phenols is 1. The molecule has 5 heteroatoms. The summed E-state index contributed by atoms with van der Waals surface area (Å²) >= 11 is 0. The SMILES string of the molecule is CCC(C)(C(=O)OC)c1ccccc1OC(=O)Cc1ccccc1O. The number of carbonyl (C=O) groups is 2. The first kappa shape index (κ1) is 18.5. The van der Waals surface area contributed by atoms with E-state index in [0.29, 0.717) is 23.3 Å². The van der Waals surface area contributed by atoms with Crippen molar-refractivity contribution in [1.29, 1.82) is 0 Å². The van der Waals surface area contributed by atoms with E-state index >= 15 is 0 Å². The summed E-state index contributed by atoms with van der Waals surface area (Å²) in [4.78, 5) is 24.5. The van der Waals surface area contributed by atoms with Gasteiger partial charge in [-0.2, -0.15) is 0 Å². The number of hydrogen-bond acceptors (Lipinski definition) is 5. The van der Waals surface area contributed by atoms with E-state index in [1.165, 1.54) is 13.2 Å². The molecule has 1 atom stereocenters. The molecule has 2 aromatic rings. The van der Waals surface area contributed by atoms with E-state index in [2.05, 4.69) is 0 Å². The molecule has 0 fully saturated rings. The highest BCUT2D eigenvalue weighted by Crippen LogP contribution is 2.35. The van der Waals surface area contributed by atoms with E-state index in [9.17, 15) is 14.7 Å². The number of ether oxygens (including phenoxy) is 2. The lowest BCUT2D eigenvalue weighted by Crippen LogP contribution is -2.33. The fourth-order valence-corrected chi connectivity index (χ4v) is 2.66. The van der Waals surface area contributed by atoms with Gasteiger partial charge in [0.05, 0.1) is 18.9 Å². The summed E-state index contributed by atoms with van der Waals surface area (Å²) in [6, 6.07) is 13.5. The fourth-order valence-electron chi connectivity index (χ4n) is 2.66. The Hall–Kier alpha value is -2.82. The lowest BCUT2D eigenvalue weighted by atomic mass is 9.79. The first-order valence-corrected chi connectivity index (χ1v) is 8.07. The van der Waals surface area contributed by atoms with E-state index < -0.39 is 11.4 Å². The molecule has 1 unspecified atom stereocenters. The topological polar surface area (TPSA) is 72.8 Å². The number of aromatic hydroxyl groups is 1. The Morgan fingerprint density at radius 2 is 1.72 bits per heavy atom. The predicted molar refractivity (Wildman–Crippen MR) is 93.5 cm³/mol. The smallest absolute Gasteiger partial charge is 0.316 e. The second-order valence-electron chi connectivity index (χ2n) is 5.95. The van der Waals surface area contributed by atoms with Crippen molar-refractivity contribution in [2.24, 2.45) is 0 Å². The standard InChI is InChI=1S/C20H22O5/c1-4-20(2,19(23)24-3)15-10-6-8-12-17(15)25-18(22)13-14-9-5-7-11-16(14)21/h5-12,21H,4,13H2,1-3H3. The summed E-state index contributed by atoms with van der Waals surface area (Å²) in [5, 5.41) is 9.78. The zero-order chi connectivity index (χ0) is 18.4. The summed E-state index contributed by atoms with van der Waals surface area (Å²) in [6.07, 6.45) is 0.426. The van der Waals surface area contributed by atoms with Crippen molar-refractivity contribution >= 4 is 11.9 Å². The van der Waals surface area contributed by atoms with Crippen LogP contribution in [0.5, 0.6) is 11.5 Å². The Labute approximate surface area is 147 Å². The van der Waals surface area contributed by atoms with Crippen LogP contribution in [-0.4, -0.2) is 24.2 Å². The second-order valence-corrected chi connectivity index (χ2v) is 5.95. The van der Waals surface area contributed by atoms with Gasteiger partial charge < -0.3 is 14.6 Å². The third-order valence-corrected chi connectivity index (χ3v) is 4.37. The monoisotopic (exact) mass is 342 g/mol. The van der Waals surface area contributed by atoms with Crippen LogP contribution in [0.2, 0.25) is 0 Å². The molecule has 0 saturated carbocycles. The molecule has 2 aromatic carbocycles. The van der Waals surface area contributed by atoms with Crippen molar-refractivity contribution in [3.05, 3.63) is 59.7 Å². The highest BCUT2D eigenvalue weighted by molar-refractivity contribution is 5.84. The van der Waals surface area contributed by atoms with Crippen molar-refractivity contribution in [2.75, 3.05) is 7.11 Å². The lowest BCUT2D eigenvalue weighted by molar-refractivity contribution is -0.147. The van der Waals surface area contributed by atoms with E-state index in [1.54, 1.807) is 49.4 Å². The van der Waals surface area contributed by atoms with Gasteiger partial charge in [0.1, 0.15) is 11.5 Å². The van der Waals surface area contributed by atoms with Crippen LogP contribution in [0.1, 0.15) is 31.4 Å². The van der Waals surface area contributed by atoms with Crippen LogP contribution in [0.15, 0.2) is 48.5 Å². The summed E-state index contributed by atoms with van der Waals surface area (Å²) < 4.78 is 10.4. The molecule has 0 aliphatic heterocycles. The zero-order valence-corrected chi connectivity index (χ0v) is 14.6. The van der Waals surface area contributed by atoms with E-state index in [0.717, 1.165) is 0 Å². The van der Waals surface area contributed by atoms with Crippen LogP contribution in [-0.2, 0) is 26.2 Å². The average Bonchev–Trinajstić information content (AvgIpc) is 2.62. The van der Waals surface area contributed by atoms with E-state index in [4.69, 9.17) is 9.47 Å². The summed E-state index contributed by atoms with van der Waals surface area (Å²) in [5.74, 6) is -0.546. The van der Waals surface area contributed by atoms with E-state index in [1.807, 2.05) is 6.92 Å². The maximum atomic E-state index is 12.3. The molecular formula is C20H22O5. The van der Waals surface area contributed by atoms with Crippen molar-refractivity contribution in [3.8, 4) is 11.5 Å². The third kappa shape index (κ3) is 3.99. The molecule has 0 spiro atoms. The van der Waals surface area contributed by atoms with Gasteiger partial charge in [-0.3, -0.25) is 9.59 Å². The predicted octanol–water partition coefficient (Wildman–Crippen LogP) is 3.38. The van der Waals surface area contributed by atoms with Crippen LogP contribution < -0.4 is 4.74 Å². The molecule has 0 saturated heterocycles. The van der Waals surface area contributed by atoms with Gasteiger partial charge in [0.2, 0.25) is 0 Å². The van der Waals surface area contributed by atoms with Crippen LogP contribution in [0, 0.1) is 0 Å². The van der Waals surface area contributed by atoms with Crippen LogP contribution in [0.25, 0.3) is 0 Å². The highest BCUT2D eigenvalue weighted by Gasteiger charge is 2.37. The van der Waals surface area contributed by atoms with Gasteiger partial charge in [-0.15, -0.1) is 0 Å². The van der Waals surface area contributed by atoms with Gasteiger partial charge in [0, 0.05) is 11.1 Å². The minimum atomic E-state index is -0.916. The second kappa shape index (κ2) is 7.83. The molecule has 1 N–H and O–H groups in total. The van der Waals surface area contributed by atoms with Gasteiger partial charge in [-0.05, 0) is 25.5 Å². The number of para-hydroxylation sites is 2. The van der Waals surface area contributed by atoms with Gasteiger partial charge in [0.15, 0.2) is 0 Å². The summed E-state index contributed by atoms with van der Waals surface area (Å²) in [6.45, 7) is 3.63. The molecule has 0 heterocycles. The molecule has 2 rings (SSSR count). The molecule has 0 aromatic heterocycles. The molecule has 0 radical (unpaired) electrons. The number of benzene rings is 2. The fraction of sp³-hybridized carbons (Fsp3) is 0.300. The normalized spacial score (nSPS) is 12.9. The molecule has 0 amide bonds. The van der Waals surface area contributed by atoms with Crippen molar-refractivity contribution in [1.82, 2.24) is 0 Å². The minimum Gasteiger partial charge on any atom is -0.508 e. The maximum absolute atomic E-state index is 12.3. The molecular weight excluding hydrogens is 320 g/mol. The molecule has 25 heavy (non-hydrogen) atoms. The third-order valence-electron chi connectivity index (χ3n) is 4.37. The highest BCUT2D eigenvalue weighted by atomic mass is 16.5. The van der Waals surface area contributed by atoms with Crippen molar-refractivity contribution in [3.63, 3.8) is 0 Å². The Kier molecular flexibility index (Phi) is 5.80. The number of hydrogen-bond donors (Lipinski definition) is 1. The Morgan fingerprint density at radius 3 is 2.36 bits per heavy atom. The number of methoxy groups -OCH3 is 1. The minimum absolute atomic E-state index is 0.0423. The molecule has 0 aliphatic rings. The van der Waals surface area contributed by atoms with E-state index in [-0.39, 0.29) is 18.1 Å². The molecule has 0 aliphatic carbocycles. The van der Waals surface area contributed by atoms with Crippen LogP contribution in [0.3, 0.4) is 0 Å². The molecule has 5 nitrogen and oxygen atoms in total. The summed E-state index contributed by atoms with van der Waals surface area (Å²) in [7, 11) is 1.34. The van der Waals surface area contributed by atoms with Gasteiger partial charge >= 0.3 is 11.9 Å². The average molecular weight is 342 g/mol. The van der Waals surface area contributed by atoms with Crippen LogP contribution >= 0.6 is 0 Å². The Balaban J connectivity index is 2.27.